The standard InChI is InChI=1S/C23H19NO4S/c25-22(26)15-12-16(29-14-15)6-5-11-24-23(27)28-13-21-19-9-3-1-7-17(19)18-8-2-4-10-20(18)21/h1-10,12,14,21H,11,13H2,(H,24,27)(H,25,26). The maximum Gasteiger partial charge on any atom is 0.407 e. The van der Waals surface area contributed by atoms with Gasteiger partial charge in [0.1, 0.15) is 6.61 Å². The minimum atomic E-state index is -0.947. The molecule has 0 unspecified atom stereocenters. The van der Waals surface area contributed by atoms with Crippen molar-refractivity contribution >= 4 is 29.5 Å². The second-order valence-corrected chi connectivity index (χ2v) is 7.59. The lowest BCUT2D eigenvalue weighted by Crippen LogP contribution is -2.26. The summed E-state index contributed by atoms with van der Waals surface area (Å²) >= 11 is 1.34. The van der Waals surface area contributed by atoms with E-state index >= 15 is 0 Å². The average molecular weight is 405 g/mol. The summed E-state index contributed by atoms with van der Waals surface area (Å²) in [7, 11) is 0. The number of carboxylic acid groups (broad SMARTS) is 1. The summed E-state index contributed by atoms with van der Waals surface area (Å²) in [6.07, 6.45) is 3.06. The molecule has 0 atom stereocenters. The lowest BCUT2D eigenvalue weighted by Gasteiger charge is -2.14. The molecule has 0 saturated carbocycles. The highest BCUT2D eigenvalue weighted by Gasteiger charge is 2.28. The van der Waals surface area contributed by atoms with Crippen LogP contribution in [0.3, 0.4) is 0 Å². The Hall–Kier alpha value is -3.38. The molecule has 29 heavy (non-hydrogen) atoms. The van der Waals surface area contributed by atoms with Crippen LogP contribution in [-0.4, -0.2) is 30.3 Å². The molecule has 146 valence electrons. The third kappa shape index (κ3) is 4.07. The lowest BCUT2D eigenvalue weighted by molar-refractivity contribution is 0.0697. The zero-order valence-corrected chi connectivity index (χ0v) is 16.3. The van der Waals surface area contributed by atoms with Crippen molar-refractivity contribution in [2.45, 2.75) is 5.92 Å². The smallest absolute Gasteiger partial charge is 0.407 e. The largest absolute Gasteiger partial charge is 0.478 e. The van der Waals surface area contributed by atoms with Crippen LogP contribution in [0.5, 0.6) is 0 Å². The van der Waals surface area contributed by atoms with Gasteiger partial charge in [-0.1, -0.05) is 54.6 Å². The van der Waals surface area contributed by atoms with E-state index in [9.17, 15) is 9.59 Å². The summed E-state index contributed by atoms with van der Waals surface area (Å²) in [5, 5.41) is 13.2. The first kappa shape index (κ1) is 19.0. The van der Waals surface area contributed by atoms with E-state index in [0.29, 0.717) is 6.54 Å². The van der Waals surface area contributed by atoms with Gasteiger partial charge in [0.2, 0.25) is 0 Å². The van der Waals surface area contributed by atoms with E-state index in [4.69, 9.17) is 9.84 Å². The zero-order valence-electron chi connectivity index (χ0n) is 15.5. The summed E-state index contributed by atoms with van der Waals surface area (Å²) in [5.74, 6) is -0.915. The fraction of sp³-hybridized carbons (Fsp3) is 0.130. The zero-order chi connectivity index (χ0) is 20.2. The average Bonchev–Trinajstić information content (AvgIpc) is 3.33. The second-order valence-electron chi connectivity index (χ2n) is 6.65. The topological polar surface area (TPSA) is 75.6 Å². The first-order valence-electron chi connectivity index (χ1n) is 9.20. The van der Waals surface area contributed by atoms with Crippen molar-refractivity contribution < 1.29 is 19.4 Å². The highest BCUT2D eigenvalue weighted by Crippen LogP contribution is 2.44. The number of hydrogen-bond donors (Lipinski definition) is 2. The van der Waals surface area contributed by atoms with E-state index in [1.165, 1.54) is 33.6 Å². The molecule has 0 spiro atoms. The van der Waals surface area contributed by atoms with Crippen LogP contribution in [0.2, 0.25) is 0 Å². The van der Waals surface area contributed by atoms with Crippen LogP contribution in [0.4, 0.5) is 4.79 Å². The molecule has 0 saturated heterocycles. The number of fused-ring (bicyclic) bond motifs is 3. The number of hydrogen-bond acceptors (Lipinski definition) is 4. The molecule has 0 aliphatic heterocycles. The second kappa shape index (κ2) is 8.32. The lowest BCUT2D eigenvalue weighted by atomic mass is 9.98. The molecule has 1 heterocycles. The summed E-state index contributed by atoms with van der Waals surface area (Å²) in [4.78, 5) is 23.8. The van der Waals surface area contributed by atoms with E-state index in [2.05, 4.69) is 29.6 Å². The Morgan fingerprint density at radius 3 is 2.34 bits per heavy atom. The summed E-state index contributed by atoms with van der Waals surface area (Å²) in [5.41, 5.74) is 4.99. The molecule has 1 aliphatic rings. The van der Waals surface area contributed by atoms with Crippen molar-refractivity contribution in [3.05, 3.63) is 87.6 Å². The molecule has 0 fully saturated rings. The van der Waals surface area contributed by atoms with Gasteiger partial charge in [0.25, 0.3) is 0 Å². The van der Waals surface area contributed by atoms with E-state index in [0.717, 1.165) is 4.88 Å². The Kier molecular flexibility index (Phi) is 5.44. The highest BCUT2D eigenvalue weighted by molar-refractivity contribution is 7.11. The Balaban J connectivity index is 1.32. The number of carbonyl (C=O) groups is 2. The van der Waals surface area contributed by atoms with Crippen LogP contribution in [0, 0.1) is 0 Å². The van der Waals surface area contributed by atoms with Crippen molar-refractivity contribution in [2.75, 3.05) is 13.2 Å². The number of carbonyl (C=O) groups excluding carboxylic acids is 1. The molecule has 1 aromatic heterocycles. The van der Waals surface area contributed by atoms with Gasteiger partial charge < -0.3 is 15.2 Å². The maximum atomic E-state index is 12.1. The number of benzene rings is 2. The summed E-state index contributed by atoms with van der Waals surface area (Å²) in [6.45, 7) is 0.577. The SMILES string of the molecule is O=C(NCC=Cc1cc(C(=O)O)cs1)OCC1c2ccccc2-c2ccccc21. The molecule has 0 radical (unpaired) electrons. The Morgan fingerprint density at radius 1 is 1.07 bits per heavy atom. The van der Waals surface area contributed by atoms with Gasteiger partial charge in [0.15, 0.2) is 0 Å². The van der Waals surface area contributed by atoms with Gasteiger partial charge in [-0.2, -0.15) is 0 Å². The molecule has 2 aromatic carbocycles. The predicted octanol–water partition coefficient (Wildman–Crippen LogP) is 5.00. The van der Waals surface area contributed by atoms with Crippen LogP contribution in [0.1, 0.15) is 32.3 Å². The number of ether oxygens (including phenoxy) is 1. The van der Waals surface area contributed by atoms with Crippen molar-refractivity contribution in [3.8, 4) is 11.1 Å². The van der Waals surface area contributed by atoms with Crippen molar-refractivity contribution in [1.29, 1.82) is 0 Å². The molecule has 5 nitrogen and oxygen atoms in total. The van der Waals surface area contributed by atoms with Crippen LogP contribution in [-0.2, 0) is 4.74 Å². The molecular weight excluding hydrogens is 386 g/mol. The monoisotopic (exact) mass is 405 g/mol. The number of carboxylic acids is 1. The number of amides is 1. The third-order valence-corrected chi connectivity index (χ3v) is 5.75. The van der Waals surface area contributed by atoms with Crippen LogP contribution in [0.25, 0.3) is 17.2 Å². The Morgan fingerprint density at radius 2 is 1.72 bits per heavy atom. The van der Waals surface area contributed by atoms with Gasteiger partial charge in [-0.15, -0.1) is 11.3 Å². The number of aromatic carboxylic acids is 1. The van der Waals surface area contributed by atoms with Crippen molar-refractivity contribution in [3.63, 3.8) is 0 Å². The number of nitrogens with one attached hydrogen (secondary N) is 1. The first-order valence-corrected chi connectivity index (χ1v) is 10.1. The summed E-state index contributed by atoms with van der Waals surface area (Å²) < 4.78 is 5.47. The highest BCUT2D eigenvalue weighted by atomic mass is 32.1. The molecule has 2 N–H and O–H groups in total. The van der Waals surface area contributed by atoms with Gasteiger partial charge >= 0.3 is 12.1 Å². The molecule has 0 bridgehead atoms. The maximum absolute atomic E-state index is 12.1. The molecule has 4 rings (SSSR count). The fourth-order valence-electron chi connectivity index (χ4n) is 3.52. The van der Waals surface area contributed by atoms with E-state index in [-0.39, 0.29) is 18.1 Å². The normalized spacial score (nSPS) is 12.6. The molecule has 3 aromatic rings. The minimum absolute atomic E-state index is 0.0317. The number of rotatable bonds is 6. The van der Waals surface area contributed by atoms with Crippen molar-refractivity contribution in [2.24, 2.45) is 0 Å². The van der Waals surface area contributed by atoms with Gasteiger partial charge in [0.05, 0.1) is 5.56 Å². The van der Waals surface area contributed by atoms with E-state index < -0.39 is 12.1 Å². The van der Waals surface area contributed by atoms with Gasteiger partial charge in [-0.25, -0.2) is 9.59 Å². The molecule has 1 amide bonds. The minimum Gasteiger partial charge on any atom is -0.478 e. The molecule has 6 heteroatoms. The molecule has 1 aliphatic carbocycles. The van der Waals surface area contributed by atoms with Crippen LogP contribution >= 0.6 is 11.3 Å². The van der Waals surface area contributed by atoms with Gasteiger partial charge in [-0.05, 0) is 34.4 Å². The number of alkyl carbamates (subject to hydrolysis) is 1. The van der Waals surface area contributed by atoms with Crippen LogP contribution < -0.4 is 5.32 Å². The predicted molar refractivity (Wildman–Crippen MR) is 113 cm³/mol. The quantitative estimate of drug-likeness (QED) is 0.605. The van der Waals surface area contributed by atoms with Crippen LogP contribution in [0.15, 0.2) is 66.1 Å². The Bertz CT molecular complexity index is 1040. The first-order chi connectivity index (χ1) is 14.1. The fourth-order valence-corrected chi connectivity index (χ4v) is 4.32. The van der Waals surface area contributed by atoms with Gasteiger partial charge in [0, 0.05) is 22.7 Å². The third-order valence-electron chi connectivity index (χ3n) is 4.86. The Labute approximate surface area is 172 Å². The van der Waals surface area contributed by atoms with Gasteiger partial charge in [-0.3, -0.25) is 0 Å². The number of thiophene rings is 1. The van der Waals surface area contributed by atoms with E-state index in [1.54, 1.807) is 23.6 Å². The summed E-state index contributed by atoms with van der Waals surface area (Å²) in [6, 6.07) is 18.0. The molecular formula is C23H19NO4S. The van der Waals surface area contributed by atoms with Crippen molar-refractivity contribution in [1.82, 2.24) is 5.32 Å². The van der Waals surface area contributed by atoms with E-state index in [1.807, 2.05) is 24.3 Å².